The van der Waals surface area contributed by atoms with Crippen molar-refractivity contribution in [3.8, 4) is 0 Å². The molecule has 1 heterocycles. The van der Waals surface area contributed by atoms with Gasteiger partial charge in [-0.05, 0) is 48.9 Å². The summed E-state index contributed by atoms with van der Waals surface area (Å²) < 4.78 is 0. The monoisotopic (exact) mass is 278 g/mol. The van der Waals surface area contributed by atoms with Crippen LogP contribution in [0.5, 0.6) is 0 Å². The van der Waals surface area contributed by atoms with Crippen LogP contribution in [-0.4, -0.2) is 34.6 Å². The molecule has 0 aromatic heterocycles. The molecule has 20 heavy (non-hydrogen) atoms. The van der Waals surface area contributed by atoms with Gasteiger partial charge in [0.25, 0.3) is 0 Å². The maximum Gasteiger partial charge on any atom is 0.248 e. The second kappa shape index (κ2) is 5.28. The second-order valence-corrected chi connectivity index (χ2v) is 4.99. The van der Waals surface area contributed by atoms with Crippen molar-refractivity contribution >= 4 is 17.3 Å². The third kappa shape index (κ3) is 2.20. The Hall–Kier alpha value is -1.83. The molecule has 0 bridgehead atoms. The lowest BCUT2D eigenvalue weighted by molar-refractivity contribution is 0.242. The summed E-state index contributed by atoms with van der Waals surface area (Å²) in [5.74, 6) is 0.145. The molecule has 7 nitrogen and oxygen atoms in total. The molecule has 1 aliphatic heterocycles. The van der Waals surface area contributed by atoms with E-state index in [0.29, 0.717) is 24.3 Å². The van der Waals surface area contributed by atoms with E-state index in [1.165, 1.54) is 11.1 Å². The highest BCUT2D eigenvalue weighted by Gasteiger charge is 2.27. The topological polar surface area (TPSA) is 91.6 Å². The Morgan fingerprint density at radius 1 is 1.15 bits per heavy atom. The zero-order chi connectivity index (χ0) is 14.1. The Balaban J connectivity index is 1.88. The number of aliphatic hydroxyl groups excluding tert-OH is 1. The summed E-state index contributed by atoms with van der Waals surface area (Å²) in [6, 6.07) is 3.76. The summed E-state index contributed by atoms with van der Waals surface area (Å²) in [7, 11) is 0. The molecule has 4 N–H and O–H groups in total. The molecule has 0 amide bonds. The fourth-order valence-electron chi connectivity index (χ4n) is 2.62. The molecule has 0 fully saturated rings. The highest BCUT2D eigenvalue weighted by molar-refractivity contribution is 6.00. The molecule has 0 atom stereocenters. The Bertz CT molecular complexity index is 547. The van der Waals surface area contributed by atoms with Crippen LogP contribution >= 0.6 is 0 Å². The molecule has 7 heteroatoms. The fraction of sp³-hybridized carbons (Fsp3) is 0.462. The quantitative estimate of drug-likeness (QED) is 0.612. The highest BCUT2D eigenvalue weighted by atomic mass is 16.5. The molecule has 0 saturated carbocycles. The van der Waals surface area contributed by atoms with Crippen molar-refractivity contribution in [2.75, 3.05) is 23.4 Å². The number of rotatable bonds is 3. The number of aryl methyl sites for hydroxylation is 2. The van der Waals surface area contributed by atoms with Crippen molar-refractivity contribution < 1.29 is 15.5 Å². The van der Waals surface area contributed by atoms with Gasteiger partial charge in [-0.15, -0.1) is 10.3 Å². The smallest absolute Gasteiger partial charge is 0.248 e. The van der Waals surface area contributed by atoms with Crippen LogP contribution in [0.1, 0.15) is 24.0 Å². The van der Waals surface area contributed by atoms with Crippen molar-refractivity contribution in [3.63, 3.8) is 0 Å². The summed E-state index contributed by atoms with van der Waals surface area (Å²) in [5.41, 5.74) is 3.38. The molecule has 108 valence electrons. The first-order valence-corrected chi connectivity index (χ1v) is 6.78. The summed E-state index contributed by atoms with van der Waals surface area (Å²) in [5, 5.41) is 37.4. The molecule has 0 unspecified atom stereocenters. The van der Waals surface area contributed by atoms with E-state index < -0.39 is 0 Å². The third-order valence-corrected chi connectivity index (χ3v) is 3.64. The van der Waals surface area contributed by atoms with Crippen LogP contribution < -0.4 is 15.6 Å². The van der Waals surface area contributed by atoms with Crippen molar-refractivity contribution in [1.29, 1.82) is 0 Å². The number of hydroxylamine groups is 1. The van der Waals surface area contributed by atoms with Crippen LogP contribution in [-0.2, 0) is 12.8 Å². The SMILES string of the molecule is OCCCNC1=NN(O)c2cc3c(cc2N1O)CCC3. The lowest BCUT2D eigenvalue weighted by atomic mass is 10.1. The molecule has 0 radical (unpaired) electrons. The fourth-order valence-corrected chi connectivity index (χ4v) is 2.62. The molecular formula is C13H18N4O3. The van der Waals surface area contributed by atoms with Gasteiger partial charge >= 0.3 is 0 Å². The van der Waals surface area contributed by atoms with Gasteiger partial charge in [-0.3, -0.25) is 10.4 Å². The highest BCUT2D eigenvalue weighted by Crippen LogP contribution is 2.37. The van der Waals surface area contributed by atoms with Gasteiger partial charge in [0.1, 0.15) is 11.4 Å². The van der Waals surface area contributed by atoms with Gasteiger partial charge < -0.3 is 10.4 Å². The lowest BCUT2D eigenvalue weighted by Gasteiger charge is -2.30. The zero-order valence-electron chi connectivity index (χ0n) is 11.1. The van der Waals surface area contributed by atoms with Gasteiger partial charge in [-0.2, -0.15) is 5.06 Å². The predicted molar refractivity (Wildman–Crippen MR) is 74.1 cm³/mol. The number of benzene rings is 1. The van der Waals surface area contributed by atoms with E-state index in [9.17, 15) is 10.4 Å². The number of hydrogen-bond acceptors (Lipinski definition) is 7. The first-order chi connectivity index (χ1) is 9.70. The molecular weight excluding hydrogens is 260 g/mol. The maximum absolute atomic E-state index is 10.2. The minimum absolute atomic E-state index is 0.0542. The Labute approximate surface area is 116 Å². The third-order valence-electron chi connectivity index (χ3n) is 3.64. The van der Waals surface area contributed by atoms with E-state index in [-0.39, 0.29) is 12.6 Å². The minimum Gasteiger partial charge on any atom is -0.396 e. The normalized spacial score (nSPS) is 16.9. The van der Waals surface area contributed by atoms with E-state index in [1.54, 1.807) is 0 Å². The summed E-state index contributed by atoms with van der Waals surface area (Å²) in [6.45, 7) is 0.513. The molecule has 1 aromatic carbocycles. The van der Waals surface area contributed by atoms with Crippen LogP contribution in [0.15, 0.2) is 17.2 Å². The van der Waals surface area contributed by atoms with Crippen molar-refractivity contribution in [3.05, 3.63) is 23.3 Å². The first-order valence-electron chi connectivity index (χ1n) is 6.78. The van der Waals surface area contributed by atoms with Gasteiger partial charge in [0.2, 0.25) is 5.96 Å². The van der Waals surface area contributed by atoms with Crippen LogP contribution in [0.4, 0.5) is 11.4 Å². The minimum atomic E-state index is 0.0542. The largest absolute Gasteiger partial charge is 0.396 e. The van der Waals surface area contributed by atoms with E-state index in [1.807, 2.05) is 12.1 Å². The summed E-state index contributed by atoms with van der Waals surface area (Å²) >= 11 is 0. The Kier molecular flexibility index (Phi) is 3.47. The van der Waals surface area contributed by atoms with E-state index in [0.717, 1.165) is 29.5 Å². The molecule has 0 spiro atoms. The average molecular weight is 278 g/mol. The van der Waals surface area contributed by atoms with Gasteiger partial charge in [0, 0.05) is 13.2 Å². The van der Waals surface area contributed by atoms with Gasteiger partial charge in [-0.25, -0.2) is 0 Å². The van der Waals surface area contributed by atoms with Gasteiger partial charge in [0.05, 0.1) is 0 Å². The summed E-state index contributed by atoms with van der Waals surface area (Å²) in [4.78, 5) is 0. The van der Waals surface area contributed by atoms with Crippen LogP contribution in [0.25, 0.3) is 0 Å². The predicted octanol–water partition coefficient (Wildman–Crippen LogP) is 0.823. The molecule has 2 aliphatic rings. The van der Waals surface area contributed by atoms with Crippen LogP contribution in [0.3, 0.4) is 0 Å². The average Bonchev–Trinajstić information content (AvgIpc) is 2.90. The number of hydrazone groups is 1. The number of nitrogens with one attached hydrogen (secondary N) is 1. The maximum atomic E-state index is 10.2. The summed E-state index contributed by atoms with van der Waals surface area (Å²) in [6.07, 6.45) is 3.62. The van der Waals surface area contributed by atoms with E-state index in [2.05, 4.69) is 10.4 Å². The Morgan fingerprint density at radius 2 is 1.85 bits per heavy atom. The zero-order valence-corrected chi connectivity index (χ0v) is 11.1. The van der Waals surface area contributed by atoms with Gasteiger partial charge in [-0.1, -0.05) is 0 Å². The first kappa shape index (κ1) is 13.2. The number of aliphatic hydroxyl groups is 1. The van der Waals surface area contributed by atoms with E-state index >= 15 is 0 Å². The number of hydrogen-bond donors (Lipinski definition) is 4. The van der Waals surface area contributed by atoms with Crippen molar-refractivity contribution in [2.45, 2.75) is 25.7 Å². The second-order valence-electron chi connectivity index (χ2n) is 4.99. The Morgan fingerprint density at radius 3 is 2.55 bits per heavy atom. The van der Waals surface area contributed by atoms with Gasteiger partial charge in [0.15, 0.2) is 0 Å². The van der Waals surface area contributed by atoms with E-state index in [4.69, 9.17) is 5.11 Å². The standard InChI is InChI=1S/C13H18N4O3/c18-6-2-5-14-13-15-17(20)12-8-10-4-1-3-9(10)7-11(12)16(13)19/h7-8,18-20H,1-6H2,(H,14,15). The molecule has 1 aromatic rings. The van der Waals surface area contributed by atoms with Crippen molar-refractivity contribution in [1.82, 2.24) is 5.32 Å². The number of guanidine groups is 1. The number of anilines is 2. The molecule has 0 saturated heterocycles. The number of nitrogens with zero attached hydrogens (tertiary/aromatic N) is 3. The van der Waals surface area contributed by atoms with Crippen LogP contribution in [0, 0.1) is 0 Å². The van der Waals surface area contributed by atoms with Crippen molar-refractivity contribution in [2.24, 2.45) is 5.10 Å². The lowest BCUT2D eigenvalue weighted by Crippen LogP contribution is -2.44. The molecule has 3 rings (SSSR count). The molecule has 1 aliphatic carbocycles. The van der Waals surface area contributed by atoms with Crippen LogP contribution in [0.2, 0.25) is 0 Å². The number of fused-ring (bicyclic) bond motifs is 2.